The molecule has 1 heterocycles. The van der Waals surface area contributed by atoms with Crippen LogP contribution < -0.4 is 10.2 Å². The van der Waals surface area contributed by atoms with Gasteiger partial charge < -0.3 is 10.2 Å². The fourth-order valence-electron chi connectivity index (χ4n) is 3.16. The minimum atomic E-state index is 0.663. The maximum absolute atomic E-state index is 3.65. The third-order valence-electron chi connectivity index (χ3n) is 4.83. The van der Waals surface area contributed by atoms with Crippen LogP contribution in [0.25, 0.3) is 0 Å². The van der Waals surface area contributed by atoms with E-state index in [0.717, 1.165) is 18.5 Å². The van der Waals surface area contributed by atoms with E-state index in [2.05, 4.69) is 48.3 Å². The number of nitrogens with zero attached hydrogens (tertiary/aromatic N) is 1. The molecule has 104 valence electrons. The first-order valence-electron chi connectivity index (χ1n) is 7.83. The Kier molecular flexibility index (Phi) is 3.79. The lowest BCUT2D eigenvalue weighted by molar-refractivity contribution is 0.363. The van der Waals surface area contributed by atoms with Crippen molar-refractivity contribution in [2.75, 3.05) is 11.4 Å². The van der Waals surface area contributed by atoms with E-state index >= 15 is 0 Å². The van der Waals surface area contributed by atoms with Crippen LogP contribution in [0.3, 0.4) is 0 Å². The van der Waals surface area contributed by atoms with Gasteiger partial charge in [-0.2, -0.15) is 0 Å². The standard InChI is InChI=1S/C17H26N2/c1-13-6-5-11-19(14(13)2)17-8-4-3-7-15(17)12-18-16-9-10-16/h3-4,7-8,13-14,16,18H,5-6,9-12H2,1-2H3. The average Bonchev–Trinajstić information content (AvgIpc) is 3.24. The number of nitrogens with one attached hydrogen (secondary N) is 1. The van der Waals surface area contributed by atoms with Gasteiger partial charge >= 0.3 is 0 Å². The van der Waals surface area contributed by atoms with Crippen molar-refractivity contribution >= 4 is 5.69 Å². The molecular formula is C17H26N2. The van der Waals surface area contributed by atoms with Gasteiger partial charge in [0.25, 0.3) is 0 Å². The van der Waals surface area contributed by atoms with Crippen LogP contribution in [0.4, 0.5) is 5.69 Å². The highest BCUT2D eigenvalue weighted by atomic mass is 15.2. The monoisotopic (exact) mass is 258 g/mol. The largest absolute Gasteiger partial charge is 0.368 e. The lowest BCUT2D eigenvalue weighted by atomic mass is 9.91. The zero-order valence-corrected chi connectivity index (χ0v) is 12.2. The van der Waals surface area contributed by atoms with Crippen LogP contribution in [0, 0.1) is 5.92 Å². The highest BCUT2D eigenvalue weighted by molar-refractivity contribution is 5.54. The molecule has 1 saturated carbocycles. The van der Waals surface area contributed by atoms with Crippen LogP contribution in [0.2, 0.25) is 0 Å². The molecule has 1 aliphatic heterocycles. The molecule has 1 aromatic rings. The smallest absolute Gasteiger partial charge is 0.0414 e. The molecule has 0 aromatic heterocycles. The first kappa shape index (κ1) is 13.0. The van der Waals surface area contributed by atoms with Gasteiger partial charge in [0.1, 0.15) is 0 Å². The van der Waals surface area contributed by atoms with Gasteiger partial charge in [0.2, 0.25) is 0 Å². The Balaban J connectivity index is 1.77. The van der Waals surface area contributed by atoms with E-state index in [4.69, 9.17) is 0 Å². The lowest BCUT2D eigenvalue weighted by Gasteiger charge is -2.40. The Morgan fingerprint density at radius 1 is 1.16 bits per heavy atom. The van der Waals surface area contributed by atoms with Crippen LogP contribution in [-0.2, 0) is 6.54 Å². The van der Waals surface area contributed by atoms with E-state index in [0.29, 0.717) is 6.04 Å². The predicted molar refractivity (Wildman–Crippen MR) is 81.5 cm³/mol. The maximum atomic E-state index is 3.65. The second kappa shape index (κ2) is 5.54. The van der Waals surface area contributed by atoms with E-state index in [1.807, 2.05) is 0 Å². The third-order valence-corrected chi connectivity index (χ3v) is 4.83. The van der Waals surface area contributed by atoms with Crippen molar-refractivity contribution in [1.29, 1.82) is 0 Å². The summed E-state index contributed by atoms with van der Waals surface area (Å²) in [6.45, 7) is 7.02. The van der Waals surface area contributed by atoms with Gasteiger partial charge in [-0.15, -0.1) is 0 Å². The summed E-state index contributed by atoms with van der Waals surface area (Å²) in [5.41, 5.74) is 2.92. The molecule has 2 aliphatic rings. The Bertz CT molecular complexity index is 425. The van der Waals surface area contributed by atoms with Gasteiger partial charge in [-0.25, -0.2) is 0 Å². The minimum Gasteiger partial charge on any atom is -0.368 e. The summed E-state index contributed by atoms with van der Waals surface area (Å²) in [4.78, 5) is 2.62. The summed E-state index contributed by atoms with van der Waals surface area (Å²) in [5, 5.41) is 3.65. The molecule has 19 heavy (non-hydrogen) atoms. The Morgan fingerprint density at radius 2 is 1.95 bits per heavy atom. The van der Waals surface area contributed by atoms with Crippen molar-refractivity contribution in [1.82, 2.24) is 5.32 Å². The zero-order chi connectivity index (χ0) is 13.2. The topological polar surface area (TPSA) is 15.3 Å². The van der Waals surface area contributed by atoms with E-state index in [9.17, 15) is 0 Å². The van der Waals surface area contributed by atoms with Gasteiger partial charge in [0.05, 0.1) is 0 Å². The number of anilines is 1. The Labute approximate surface area is 117 Å². The number of piperidine rings is 1. The molecule has 1 N–H and O–H groups in total. The number of hydrogen-bond acceptors (Lipinski definition) is 2. The Hall–Kier alpha value is -1.02. The molecule has 0 radical (unpaired) electrons. The normalized spacial score (nSPS) is 27.6. The maximum Gasteiger partial charge on any atom is 0.0414 e. The SMILES string of the molecule is CC1CCCN(c2ccccc2CNC2CC2)C1C. The van der Waals surface area contributed by atoms with Gasteiger partial charge in [-0.3, -0.25) is 0 Å². The molecule has 2 unspecified atom stereocenters. The van der Waals surface area contributed by atoms with E-state index < -0.39 is 0 Å². The van der Waals surface area contributed by atoms with Crippen LogP contribution in [0.15, 0.2) is 24.3 Å². The third kappa shape index (κ3) is 2.94. The second-order valence-electron chi connectivity index (χ2n) is 6.34. The molecule has 1 aliphatic carbocycles. The highest BCUT2D eigenvalue weighted by Gasteiger charge is 2.26. The van der Waals surface area contributed by atoms with Crippen LogP contribution in [-0.4, -0.2) is 18.6 Å². The number of para-hydroxylation sites is 1. The number of rotatable bonds is 4. The molecule has 2 atom stereocenters. The van der Waals surface area contributed by atoms with Crippen LogP contribution in [0.1, 0.15) is 45.1 Å². The van der Waals surface area contributed by atoms with E-state index in [-0.39, 0.29) is 0 Å². The van der Waals surface area contributed by atoms with E-state index in [1.165, 1.54) is 43.5 Å². The van der Waals surface area contributed by atoms with Crippen LogP contribution in [0.5, 0.6) is 0 Å². The number of benzene rings is 1. The van der Waals surface area contributed by atoms with Crippen molar-refractivity contribution in [3.63, 3.8) is 0 Å². The number of hydrogen-bond donors (Lipinski definition) is 1. The summed E-state index contributed by atoms with van der Waals surface area (Å²) in [7, 11) is 0. The molecule has 1 aromatic carbocycles. The molecule has 0 bridgehead atoms. The summed E-state index contributed by atoms with van der Waals surface area (Å²) >= 11 is 0. The fourth-order valence-corrected chi connectivity index (χ4v) is 3.16. The van der Waals surface area contributed by atoms with Gasteiger partial charge in [-0.1, -0.05) is 25.1 Å². The summed E-state index contributed by atoms with van der Waals surface area (Å²) in [5.74, 6) is 0.804. The Morgan fingerprint density at radius 3 is 2.74 bits per heavy atom. The molecule has 0 amide bonds. The van der Waals surface area contributed by atoms with Gasteiger partial charge in [-0.05, 0) is 50.2 Å². The predicted octanol–water partition coefficient (Wildman–Crippen LogP) is 3.56. The quantitative estimate of drug-likeness (QED) is 0.888. The van der Waals surface area contributed by atoms with Crippen molar-refractivity contribution in [2.45, 2.75) is 58.2 Å². The van der Waals surface area contributed by atoms with Crippen LogP contribution >= 0.6 is 0 Å². The van der Waals surface area contributed by atoms with Gasteiger partial charge in [0.15, 0.2) is 0 Å². The zero-order valence-electron chi connectivity index (χ0n) is 12.2. The first-order chi connectivity index (χ1) is 9.25. The van der Waals surface area contributed by atoms with E-state index in [1.54, 1.807) is 0 Å². The van der Waals surface area contributed by atoms with Crippen molar-refractivity contribution in [3.05, 3.63) is 29.8 Å². The summed E-state index contributed by atoms with van der Waals surface area (Å²) in [6, 6.07) is 10.4. The second-order valence-corrected chi connectivity index (χ2v) is 6.34. The fraction of sp³-hybridized carbons (Fsp3) is 0.647. The highest BCUT2D eigenvalue weighted by Crippen LogP contribution is 2.31. The molecule has 2 nitrogen and oxygen atoms in total. The van der Waals surface area contributed by atoms with Crippen molar-refractivity contribution in [3.8, 4) is 0 Å². The summed E-state index contributed by atoms with van der Waals surface area (Å²) < 4.78 is 0. The summed E-state index contributed by atoms with van der Waals surface area (Å²) in [6.07, 6.45) is 5.43. The molecule has 0 spiro atoms. The van der Waals surface area contributed by atoms with Crippen molar-refractivity contribution < 1.29 is 0 Å². The van der Waals surface area contributed by atoms with Crippen molar-refractivity contribution in [2.24, 2.45) is 5.92 Å². The first-order valence-corrected chi connectivity index (χ1v) is 7.83. The average molecular weight is 258 g/mol. The van der Waals surface area contributed by atoms with Gasteiger partial charge in [0, 0.05) is 30.9 Å². The molecule has 2 heteroatoms. The minimum absolute atomic E-state index is 0.663. The molecule has 3 rings (SSSR count). The molecular weight excluding hydrogens is 232 g/mol. The molecule has 2 fully saturated rings. The lowest BCUT2D eigenvalue weighted by Crippen LogP contribution is -2.43. The molecule has 1 saturated heterocycles.